The second-order valence-corrected chi connectivity index (χ2v) is 22.3. The van der Waals surface area contributed by atoms with E-state index in [9.17, 15) is 28.9 Å². The van der Waals surface area contributed by atoms with Crippen LogP contribution in [0.4, 0.5) is 0 Å². The standard InChI is InChI=1S/C66H115O11P/c1-4-7-10-13-16-19-22-25-28-30-31-33-35-37-40-43-46-49-52-55-64(68)73-59-63(77-66(70)57-54-51-48-45-42-39-36-32-29-26-23-20-17-14-11-8-5-2)61-75-78(71,72)74-60-62(58-67)76-65(69)56-53-50-47-44-41-38-34-27-24-21-18-15-12-9-6-3/h7,10,16,18-19,21,25-29,31,33-34,62-63,67H,4-6,8-9,11-15,17,20,22-24,30,32,35-61H2,1-3H3,(H,71,72)/b10-7-,19-16-,21-18-,28-25-,29-26-,33-31-,34-27-. The lowest BCUT2D eigenvalue weighted by Gasteiger charge is -2.21. The Morgan fingerprint density at radius 1 is 0.372 bits per heavy atom. The summed E-state index contributed by atoms with van der Waals surface area (Å²) < 4.78 is 39.6. The van der Waals surface area contributed by atoms with Gasteiger partial charge in [-0.25, -0.2) is 4.57 Å². The van der Waals surface area contributed by atoms with Gasteiger partial charge in [-0.3, -0.25) is 23.4 Å². The molecule has 11 nitrogen and oxygen atoms in total. The molecule has 0 aliphatic rings. The lowest BCUT2D eigenvalue weighted by atomic mass is 10.1. The fourth-order valence-corrected chi connectivity index (χ4v) is 9.27. The molecule has 0 aliphatic heterocycles. The van der Waals surface area contributed by atoms with Gasteiger partial charge in [-0.15, -0.1) is 0 Å². The van der Waals surface area contributed by atoms with E-state index >= 15 is 0 Å². The number of esters is 3. The summed E-state index contributed by atoms with van der Waals surface area (Å²) in [5, 5.41) is 9.84. The van der Waals surface area contributed by atoms with Crippen molar-refractivity contribution in [2.75, 3.05) is 26.4 Å². The van der Waals surface area contributed by atoms with Crippen molar-refractivity contribution in [1.82, 2.24) is 0 Å². The highest BCUT2D eigenvalue weighted by Crippen LogP contribution is 2.43. The third-order valence-corrected chi connectivity index (χ3v) is 14.2. The Morgan fingerprint density at radius 2 is 0.667 bits per heavy atom. The maximum atomic E-state index is 12.9. The number of allylic oxidation sites excluding steroid dienone is 14. The van der Waals surface area contributed by atoms with Crippen LogP contribution in [0.5, 0.6) is 0 Å². The van der Waals surface area contributed by atoms with Crippen LogP contribution in [0.3, 0.4) is 0 Å². The minimum Gasteiger partial charge on any atom is -0.462 e. The third kappa shape index (κ3) is 57.3. The normalized spacial score (nSPS) is 13.9. The molecule has 12 heteroatoms. The maximum absolute atomic E-state index is 12.9. The van der Waals surface area contributed by atoms with Crippen LogP contribution in [0.2, 0.25) is 0 Å². The molecule has 0 spiro atoms. The molecule has 0 saturated carbocycles. The molecule has 0 bridgehead atoms. The highest BCUT2D eigenvalue weighted by Gasteiger charge is 2.28. The molecule has 3 unspecified atom stereocenters. The molecule has 0 aromatic rings. The van der Waals surface area contributed by atoms with Gasteiger partial charge in [-0.2, -0.15) is 0 Å². The zero-order chi connectivity index (χ0) is 56.9. The first-order valence-corrected chi connectivity index (χ1v) is 33.0. The minimum atomic E-state index is -4.76. The molecule has 2 N–H and O–H groups in total. The Kier molecular flexibility index (Phi) is 57.2. The van der Waals surface area contributed by atoms with Crippen LogP contribution in [0, 0.1) is 0 Å². The Morgan fingerprint density at radius 3 is 1.06 bits per heavy atom. The van der Waals surface area contributed by atoms with Gasteiger partial charge in [0.1, 0.15) is 12.7 Å². The number of hydrogen-bond donors (Lipinski definition) is 2. The first kappa shape index (κ1) is 74.7. The average molecular weight is 1120 g/mol. The SMILES string of the molecule is CC/C=C\C/C=C\C/C=C\C/C=C\CCCCCCCCC(=O)OCC(COP(=O)(O)OCC(CO)OC(=O)CCCCCCC/C=C\C/C=C\CCCCC)OC(=O)CCCCCCCCC/C=C\CCCCCCCC. The van der Waals surface area contributed by atoms with Gasteiger partial charge in [-0.05, 0) is 116 Å². The number of hydrogen-bond acceptors (Lipinski definition) is 10. The molecule has 0 radical (unpaired) electrons. The van der Waals surface area contributed by atoms with Gasteiger partial charge < -0.3 is 24.2 Å². The lowest BCUT2D eigenvalue weighted by Crippen LogP contribution is -2.30. The van der Waals surface area contributed by atoms with E-state index in [1.807, 2.05) is 0 Å². The maximum Gasteiger partial charge on any atom is 0.472 e. The molecule has 0 aromatic heterocycles. The van der Waals surface area contributed by atoms with Crippen LogP contribution in [0.15, 0.2) is 85.1 Å². The quantitative estimate of drug-likeness (QED) is 0.0197. The van der Waals surface area contributed by atoms with Gasteiger partial charge in [0.05, 0.1) is 19.8 Å². The van der Waals surface area contributed by atoms with Crippen molar-refractivity contribution in [1.29, 1.82) is 0 Å². The molecule has 0 fully saturated rings. The average Bonchev–Trinajstić information content (AvgIpc) is 3.43. The summed E-state index contributed by atoms with van der Waals surface area (Å²) in [7, 11) is -4.76. The molecule has 78 heavy (non-hydrogen) atoms. The summed E-state index contributed by atoms with van der Waals surface area (Å²) in [4.78, 5) is 48.7. The highest BCUT2D eigenvalue weighted by atomic mass is 31.2. The predicted octanol–water partition coefficient (Wildman–Crippen LogP) is 19.0. The van der Waals surface area contributed by atoms with Crippen LogP contribution in [-0.2, 0) is 42.2 Å². The number of carbonyl (C=O) groups is 3. The first-order chi connectivity index (χ1) is 38.2. The summed E-state index contributed by atoms with van der Waals surface area (Å²) in [6.07, 6.45) is 69.5. The van der Waals surface area contributed by atoms with Crippen LogP contribution in [0.25, 0.3) is 0 Å². The molecule has 0 aliphatic carbocycles. The number of phosphoric ester groups is 1. The number of rotatable bonds is 58. The summed E-state index contributed by atoms with van der Waals surface area (Å²) in [5.41, 5.74) is 0. The number of aliphatic hydroxyl groups is 1. The topological polar surface area (TPSA) is 155 Å². The highest BCUT2D eigenvalue weighted by molar-refractivity contribution is 7.47. The van der Waals surface area contributed by atoms with Crippen LogP contribution >= 0.6 is 7.82 Å². The smallest absolute Gasteiger partial charge is 0.462 e. The zero-order valence-electron chi connectivity index (χ0n) is 49.9. The predicted molar refractivity (Wildman–Crippen MR) is 325 cm³/mol. The fraction of sp³-hybridized carbons (Fsp3) is 0.742. The summed E-state index contributed by atoms with van der Waals surface area (Å²) in [5.74, 6) is -1.49. The molecular weight excluding hydrogens is 1000 g/mol. The first-order valence-electron chi connectivity index (χ1n) is 31.5. The molecule has 3 atom stereocenters. The van der Waals surface area contributed by atoms with Crippen molar-refractivity contribution in [3.05, 3.63) is 85.1 Å². The van der Waals surface area contributed by atoms with E-state index in [0.717, 1.165) is 141 Å². The lowest BCUT2D eigenvalue weighted by molar-refractivity contribution is -0.161. The molecule has 450 valence electrons. The van der Waals surface area contributed by atoms with E-state index in [1.54, 1.807) is 0 Å². The van der Waals surface area contributed by atoms with Gasteiger partial charge in [0, 0.05) is 19.3 Å². The number of unbranched alkanes of at least 4 members (excludes halogenated alkanes) is 27. The van der Waals surface area contributed by atoms with Crippen molar-refractivity contribution in [2.45, 2.75) is 290 Å². The van der Waals surface area contributed by atoms with Crippen molar-refractivity contribution in [3.8, 4) is 0 Å². The third-order valence-electron chi connectivity index (χ3n) is 13.3. The van der Waals surface area contributed by atoms with Crippen molar-refractivity contribution >= 4 is 25.7 Å². The van der Waals surface area contributed by atoms with Crippen molar-refractivity contribution in [3.63, 3.8) is 0 Å². The summed E-state index contributed by atoms with van der Waals surface area (Å²) >= 11 is 0. The van der Waals surface area contributed by atoms with Crippen LogP contribution in [0.1, 0.15) is 278 Å². The van der Waals surface area contributed by atoms with Crippen molar-refractivity contribution < 1.29 is 52.2 Å². The van der Waals surface area contributed by atoms with E-state index < -0.39 is 57.8 Å². The Bertz CT molecular complexity index is 1630. The number of phosphoric acid groups is 1. The van der Waals surface area contributed by atoms with Crippen LogP contribution < -0.4 is 0 Å². The number of ether oxygens (including phenoxy) is 3. The van der Waals surface area contributed by atoms with E-state index in [-0.39, 0.29) is 25.9 Å². The Hall–Kier alpha value is -3.34. The fourth-order valence-electron chi connectivity index (χ4n) is 8.49. The summed E-state index contributed by atoms with van der Waals surface area (Å²) in [6.45, 7) is 4.49. The van der Waals surface area contributed by atoms with Gasteiger partial charge in [0.15, 0.2) is 6.10 Å². The minimum absolute atomic E-state index is 0.156. The van der Waals surface area contributed by atoms with Gasteiger partial charge in [0.2, 0.25) is 0 Å². The summed E-state index contributed by atoms with van der Waals surface area (Å²) in [6, 6.07) is 0. The number of carbonyl (C=O) groups excluding carboxylic acids is 3. The molecule has 0 rings (SSSR count). The van der Waals surface area contributed by atoms with Gasteiger partial charge in [0.25, 0.3) is 0 Å². The van der Waals surface area contributed by atoms with E-state index in [0.29, 0.717) is 19.3 Å². The molecule has 0 aromatic carbocycles. The molecule has 0 amide bonds. The van der Waals surface area contributed by atoms with Gasteiger partial charge >= 0.3 is 25.7 Å². The number of aliphatic hydroxyl groups excluding tert-OH is 1. The largest absolute Gasteiger partial charge is 0.472 e. The Balaban J connectivity index is 4.75. The molecular formula is C66H115O11P. The molecule has 0 saturated heterocycles. The van der Waals surface area contributed by atoms with E-state index in [1.165, 1.54) is 77.0 Å². The zero-order valence-corrected chi connectivity index (χ0v) is 50.8. The second-order valence-electron chi connectivity index (χ2n) is 20.8. The van der Waals surface area contributed by atoms with Crippen molar-refractivity contribution in [2.24, 2.45) is 0 Å². The van der Waals surface area contributed by atoms with Crippen LogP contribution in [-0.4, -0.2) is 66.5 Å². The second kappa shape index (κ2) is 59.8. The van der Waals surface area contributed by atoms with Gasteiger partial charge in [-0.1, -0.05) is 228 Å². The monoisotopic (exact) mass is 1110 g/mol. The van der Waals surface area contributed by atoms with E-state index in [4.69, 9.17) is 23.3 Å². The van der Waals surface area contributed by atoms with E-state index in [2.05, 4.69) is 106 Å². The molecule has 0 heterocycles. The Labute approximate surface area is 477 Å².